The van der Waals surface area contributed by atoms with E-state index in [1.54, 1.807) is 12.1 Å². The lowest BCUT2D eigenvalue weighted by molar-refractivity contribution is 0.0781. The van der Waals surface area contributed by atoms with Crippen LogP contribution in [0.2, 0.25) is 0 Å². The number of carbonyl (C=O) groups is 1. The Morgan fingerprint density at radius 1 is 0.971 bits per heavy atom. The second kappa shape index (κ2) is 8.84. The van der Waals surface area contributed by atoms with E-state index in [2.05, 4.69) is 26.5 Å². The molecule has 0 N–H and O–H groups in total. The first kappa shape index (κ1) is 21.8. The Bertz CT molecular complexity index is 1170. The summed E-state index contributed by atoms with van der Waals surface area (Å²) in [5, 5.41) is 1.13. The second-order valence-corrected chi connectivity index (χ2v) is 10.8. The van der Waals surface area contributed by atoms with Gasteiger partial charge in [-0.05, 0) is 92.3 Å². The molecule has 0 bridgehead atoms. The average molecular weight is 460 g/mol. The van der Waals surface area contributed by atoms with Gasteiger partial charge >= 0.3 is 0 Å². The van der Waals surface area contributed by atoms with E-state index in [0.29, 0.717) is 17.8 Å². The number of carbonyl (C=O) groups excluding carboxylic acids is 1. The molecule has 178 valence electrons. The van der Waals surface area contributed by atoms with Crippen molar-refractivity contribution in [1.29, 1.82) is 0 Å². The van der Waals surface area contributed by atoms with Gasteiger partial charge in [0.1, 0.15) is 5.82 Å². The first-order valence-corrected chi connectivity index (χ1v) is 12.9. The summed E-state index contributed by atoms with van der Waals surface area (Å²) in [5.74, 6) is 2.55. The summed E-state index contributed by atoms with van der Waals surface area (Å²) >= 11 is 0. The van der Waals surface area contributed by atoms with Gasteiger partial charge in [0.2, 0.25) is 0 Å². The van der Waals surface area contributed by atoms with Crippen molar-refractivity contribution in [3.05, 3.63) is 71.7 Å². The summed E-state index contributed by atoms with van der Waals surface area (Å²) in [5.41, 5.74) is 3.14. The molecule has 3 aromatic rings. The van der Waals surface area contributed by atoms with Gasteiger partial charge in [0.25, 0.3) is 5.91 Å². The molecule has 1 aromatic heterocycles. The predicted octanol–water partition coefficient (Wildman–Crippen LogP) is 5.30. The molecule has 1 amide bonds. The number of aryl methyl sites for hydroxylation is 1. The van der Waals surface area contributed by atoms with E-state index in [4.69, 9.17) is 0 Å². The van der Waals surface area contributed by atoms with Crippen molar-refractivity contribution in [1.82, 2.24) is 14.4 Å². The maximum Gasteiger partial charge on any atom is 0.256 e. The molecule has 3 aliphatic rings. The van der Waals surface area contributed by atoms with Crippen LogP contribution < -0.4 is 0 Å². The molecule has 3 fully saturated rings. The largest absolute Gasteiger partial charge is 0.350 e. The highest BCUT2D eigenvalue weighted by molar-refractivity contribution is 6.06. The molecule has 5 heteroatoms. The van der Waals surface area contributed by atoms with Crippen molar-refractivity contribution in [2.45, 2.75) is 31.6 Å². The van der Waals surface area contributed by atoms with E-state index in [0.717, 1.165) is 67.9 Å². The Morgan fingerprint density at radius 2 is 1.74 bits per heavy atom. The third kappa shape index (κ3) is 4.15. The predicted molar refractivity (Wildman–Crippen MR) is 133 cm³/mol. The van der Waals surface area contributed by atoms with Crippen LogP contribution in [0, 0.1) is 23.6 Å². The van der Waals surface area contributed by atoms with E-state index >= 15 is 0 Å². The van der Waals surface area contributed by atoms with Crippen LogP contribution >= 0.6 is 0 Å². The number of rotatable bonds is 5. The zero-order valence-electron chi connectivity index (χ0n) is 20.0. The molecule has 2 aromatic carbocycles. The normalized spacial score (nSPS) is 24.2. The Morgan fingerprint density at radius 3 is 2.47 bits per heavy atom. The maximum atomic E-state index is 13.6. The third-order valence-corrected chi connectivity index (χ3v) is 8.56. The minimum Gasteiger partial charge on any atom is -0.350 e. The SMILES string of the molecule is Cn1ccc2cccc(C(=O)N3CC(CN4CCC(c5ccc(F)cc5)CC4)C(C4CC4)C3)c21. The number of aromatic nitrogens is 1. The van der Waals surface area contributed by atoms with Gasteiger partial charge in [-0.15, -0.1) is 0 Å². The van der Waals surface area contributed by atoms with Gasteiger partial charge in [0.15, 0.2) is 0 Å². The van der Waals surface area contributed by atoms with Gasteiger partial charge in [-0.25, -0.2) is 4.39 Å². The summed E-state index contributed by atoms with van der Waals surface area (Å²) < 4.78 is 15.4. The van der Waals surface area contributed by atoms with Gasteiger partial charge in [-0.1, -0.05) is 24.3 Å². The number of likely N-dealkylation sites (tertiary alicyclic amines) is 2. The second-order valence-electron chi connectivity index (χ2n) is 10.8. The fourth-order valence-corrected chi connectivity index (χ4v) is 6.53. The highest BCUT2D eigenvalue weighted by atomic mass is 19.1. The first-order valence-electron chi connectivity index (χ1n) is 12.9. The summed E-state index contributed by atoms with van der Waals surface area (Å²) in [4.78, 5) is 18.4. The number of hydrogen-bond acceptors (Lipinski definition) is 2. The van der Waals surface area contributed by atoms with Crippen molar-refractivity contribution < 1.29 is 9.18 Å². The molecule has 6 rings (SSSR count). The summed E-state index contributed by atoms with van der Waals surface area (Å²) in [7, 11) is 2.02. The Kier molecular flexibility index (Phi) is 5.68. The van der Waals surface area contributed by atoms with Gasteiger partial charge in [-0.2, -0.15) is 0 Å². The lowest BCUT2D eigenvalue weighted by Crippen LogP contribution is -2.39. The number of piperidine rings is 1. The van der Waals surface area contributed by atoms with Crippen LogP contribution in [0.4, 0.5) is 4.39 Å². The smallest absolute Gasteiger partial charge is 0.256 e. The number of benzene rings is 2. The molecule has 1 aliphatic carbocycles. The fraction of sp³-hybridized carbons (Fsp3) is 0.483. The van der Waals surface area contributed by atoms with Crippen molar-refractivity contribution in [3.63, 3.8) is 0 Å². The van der Waals surface area contributed by atoms with E-state index in [9.17, 15) is 9.18 Å². The van der Waals surface area contributed by atoms with Gasteiger partial charge in [-0.3, -0.25) is 4.79 Å². The molecule has 34 heavy (non-hydrogen) atoms. The van der Waals surface area contributed by atoms with Crippen LogP contribution in [0.5, 0.6) is 0 Å². The first-order chi connectivity index (χ1) is 16.6. The molecule has 2 unspecified atom stereocenters. The third-order valence-electron chi connectivity index (χ3n) is 8.56. The Labute approximate surface area is 201 Å². The molecular weight excluding hydrogens is 425 g/mol. The number of hydrogen-bond donors (Lipinski definition) is 0. The van der Waals surface area contributed by atoms with E-state index in [1.165, 1.54) is 18.4 Å². The van der Waals surface area contributed by atoms with Gasteiger partial charge < -0.3 is 14.4 Å². The number of amides is 1. The monoisotopic (exact) mass is 459 g/mol. The lowest BCUT2D eigenvalue weighted by Gasteiger charge is -2.34. The minimum absolute atomic E-state index is 0.156. The van der Waals surface area contributed by atoms with Crippen molar-refractivity contribution >= 4 is 16.8 Å². The number of nitrogens with zero attached hydrogens (tertiary/aromatic N) is 3. The molecular formula is C29H34FN3O. The quantitative estimate of drug-likeness (QED) is 0.518. The minimum atomic E-state index is -0.156. The van der Waals surface area contributed by atoms with Crippen LogP contribution in [0.3, 0.4) is 0 Å². The molecule has 2 saturated heterocycles. The summed E-state index contributed by atoms with van der Waals surface area (Å²) in [6.45, 7) is 5.05. The standard InChI is InChI=1S/C29H34FN3O/c1-31-14-11-23-3-2-4-26(28(23)31)29(34)33-18-24(27(19-33)22-5-6-22)17-32-15-12-21(13-16-32)20-7-9-25(30)10-8-20/h2-4,7-11,14,21-22,24,27H,5-6,12-13,15-19H2,1H3. The fourth-order valence-electron chi connectivity index (χ4n) is 6.53. The lowest BCUT2D eigenvalue weighted by atomic mass is 9.87. The molecule has 3 heterocycles. The van der Waals surface area contributed by atoms with E-state index < -0.39 is 0 Å². The Hall–Kier alpha value is -2.66. The van der Waals surface area contributed by atoms with Gasteiger partial charge in [0, 0.05) is 38.3 Å². The van der Waals surface area contributed by atoms with Crippen molar-refractivity contribution in [2.75, 3.05) is 32.7 Å². The number of halogens is 1. The molecule has 0 radical (unpaired) electrons. The molecule has 2 atom stereocenters. The topological polar surface area (TPSA) is 28.5 Å². The zero-order chi connectivity index (χ0) is 23.2. The highest BCUT2D eigenvalue weighted by Crippen LogP contribution is 2.45. The highest BCUT2D eigenvalue weighted by Gasteiger charge is 2.44. The average Bonchev–Trinajstić information content (AvgIpc) is 3.51. The van der Waals surface area contributed by atoms with Gasteiger partial charge in [0.05, 0.1) is 11.1 Å². The number of para-hydroxylation sites is 1. The molecule has 2 aliphatic heterocycles. The van der Waals surface area contributed by atoms with Crippen LogP contribution in [0.1, 0.15) is 47.5 Å². The van der Waals surface area contributed by atoms with Crippen molar-refractivity contribution in [3.8, 4) is 0 Å². The van der Waals surface area contributed by atoms with E-state index in [-0.39, 0.29) is 11.7 Å². The molecule has 4 nitrogen and oxygen atoms in total. The Balaban J connectivity index is 1.12. The van der Waals surface area contributed by atoms with Crippen LogP contribution in [0.25, 0.3) is 10.9 Å². The van der Waals surface area contributed by atoms with Crippen molar-refractivity contribution in [2.24, 2.45) is 24.8 Å². The summed E-state index contributed by atoms with van der Waals surface area (Å²) in [6, 6.07) is 15.2. The van der Waals surface area contributed by atoms with Crippen LogP contribution in [-0.4, -0.2) is 53.0 Å². The summed E-state index contributed by atoms with van der Waals surface area (Å²) in [6.07, 6.45) is 6.94. The van der Waals surface area contributed by atoms with Crippen LogP contribution in [0.15, 0.2) is 54.7 Å². The van der Waals surface area contributed by atoms with Crippen LogP contribution in [-0.2, 0) is 7.05 Å². The van der Waals surface area contributed by atoms with E-state index in [1.807, 2.05) is 37.5 Å². The maximum absolute atomic E-state index is 13.6. The zero-order valence-corrected chi connectivity index (χ0v) is 20.0. The number of fused-ring (bicyclic) bond motifs is 1. The molecule has 0 spiro atoms. The molecule has 1 saturated carbocycles.